The largest absolute Gasteiger partial charge is 0.497 e. The van der Waals surface area contributed by atoms with Gasteiger partial charge in [0.2, 0.25) is 0 Å². The molecule has 2 aromatic rings. The Morgan fingerprint density at radius 1 is 1.22 bits per heavy atom. The highest BCUT2D eigenvalue weighted by molar-refractivity contribution is 6.33. The Kier molecular flexibility index (Phi) is 5.10. The van der Waals surface area contributed by atoms with Crippen LogP contribution in [0, 0.1) is 5.92 Å². The van der Waals surface area contributed by atoms with Crippen LogP contribution in [0.1, 0.15) is 28.9 Å². The lowest BCUT2D eigenvalue weighted by atomic mass is 9.94. The van der Waals surface area contributed by atoms with Crippen molar-refractivity contribution in [1.82, 2.24) is 19.6 Å². The van der Waals surface area contributed by atoms with Gasteiger partial charge >= 0.3 is 0 Å². The molecular weight excluding hydrogens is 364 g/mol. The van der Waals surface area contributed by atoms with Crippen LogP contribution in [0.15, 0.2) is 30.5 Å². The maximum absolute atomic E-state index is 13.0. The predicted molar refractivity (Wildman–Crippen MR) is 104 cm³/mol. The Bertz CT molecular complexity index is 820. The lowest BCUT2D eigenvalue weighted by Crippen LogP contribution is -2.47. The standard InChI is InChI=1S/C20H25ClN4O2/c1-23-13-18(21)19(22-23)20(26)25-11-15-3-6-16(25)12-24(10-15)9-14-4-7-17(27-2)8-5-14/h4-5,7-8,13,15-16H,3,6,9-12H2,1-2H3/t15-,16+/m0/s1. The molecule has 5 rings (SSSR count). The summed E-state index contributed by atoms with van der Waals surface area (Å²) in [5.41, 5.74) is 1.64. The Balaban J connectivity index is 1.48. The number of hydrogen-bond acceptors (Lipinski definition) is 4. The maximum Gasteiger partial charge on any atom is 0.276 e. The lowest BCUT2D eigenvalue weighted by molar-refractivity contribution is 0.0578. The molecule has 1 aromatic heterocycles. The smallest absolute Gasteiger partial charge is 0.276 e. The number of rotatable bonds is 4. The van der Waals surface area contributed by atoms with E-state index in [0.29, 0.717) is 16.6 Å². The molecule has 3 fully saturated rings. The molecule has 1 amide bonds. The highest BCUT2D eigenvalue weighted by atomic mass is 35.5. The van der Waals surface area contributed by atoms with Gasteiger partial charge in [-0.2, -0.15) is 5.10 Å². The van der Waals surface area contributed by atoms with Crippen molar-refractivity contribution >= 4 is 17.5 Å². The number of aromatic nitrogens is 2. The van der Waals surface area contributed by atoms with Gasteiger partial charge in [-0.25, -0.2) is 0 Å². The van der Waals surface area contributed by atoms with Crippen LogP contribution in [0.25, 0.3) is 0 Å². The fourth-order valence-corrected chi connectivity index (χ4v) is 4.55. The van der Waals surface area contributed by atoms with E-state index in [4.69, 9.17) is 16.3 Å². The van der Waals surface area contributed by atoms with Gasteiger partial charge in [-0.3, -0.25) is 14.4 Å². The zero-order chi connectivity index (χ0) is 19.0. The fraction of sp³-hybridized carbons (Fsp3) is 0.500. The normalized spacial score (nSPS) is 22.7. The van der Waals surface area contributed by atoms with Crippen molar-refractivity contribution in [3.8, 4) is 5.75 Å². The second kappa shape index (κ2) is 7.52. The third-order valence-corrected chi connectivity index (χ3v) is 5.88. The topological polar surface area (TPSA) is 50.6 Å². The van der Waals surface area contributed by atoms with Crippen molar-refractivity contribution in [3.63, 3.8) is 0 Å². The average molecular weight is 389 g/mol. The summed E-state index contributed by atoms with van der Waals surface area (Å²) in [6, 6.07) is 8.44. The predicted octanol–water partition coefficient (Wildman–Crippen LogP) is 2.82. The van der Waals surface area contributed by atoms with E-state index in [1.54, 1.807) is 25.0 Å². The second-order valence-electron chi connectivity index (χ2n) is 7.60. The Morgan fingerprint density at radius 2 is 2.00 bits per heavy atom. The summed E-state index contributed by atoms with van der Waals surface area (Å²) in [6.07, 6.45) is 3.89. The number of carbonyl (C=O) groups excluding carboxylic acids is 1. The van der Waals surface area contributed by atoms with Crippen LogP contribution in [0.4, 0.5) is 0 Å². The summed E-state index contributed by atoms with van der Waals surface area (Å²) in [7, 11) is 3.47. The summed E-state index contributed by atoms with van der Waals surface area (Å²) < 4.78 is 6.84. The Labute approximate surface area is 164 Å². The van der Waals surface area contributed by atoms with E-state index in [-0.39, 0.29) is 11.9 Å². The number of methoxy groups -OCH3 is 1. The lowest BCUT2D eigenvalue weighted by Gasteiger charge is -2.35. The van der Waals surface area contributed by atoms with Gasteiger partial charge in [-0.15, -0.1) is 0 Å². The Morgan fingerprint density at radius 3 is 2.67 bits per heavy atom. The number of fused-ring (bicyclic) bond motifs is 4. The van der Waals surface area contributed by atoms with Gasteiger partial charge < -0.3 is 9.64 Å². The molecule has 6 nitrogen and oxygen atoms in total. The Hall–Kier alpha value is -2.05. The highest BCUT2D eigenvalue weighted by Gasteiger charge is 2.38. The molecular formula is C20H25ClN4O2. The molecule has 27 heavy (non-hydrogen) atoms. The summed E-state index contributed by atoms with van der Waals surface area (Å²) in [5, 5.41) is 4.70. The van der Waals surface area contributed by atoms with Crippen LogP contribution in [0.5, 0.6) is 5.75 Å². The number of carbonyl (C=O) groups is 1. The van der Waals surface area contributed by atoms with Crippen LogP contribution >= 0.6 is 11.6 Å². The van der Waals surface area contributed by atoms with E-state index in [0.717, 1.165) is 38.3 Å². The first-order valence-electron chi connectivity index (χ1n) is 9.39. The second-order valence-corrected chi connectivity index (χ2v) is 8.00. The van der Waals surface area contributed by atoms with Crippen molar-refractivity contribution in [2.45, 2.75) is 25.4 Å². The van der Waals surface area contributed by atoms with E-state index < -0.39 is 0 Å². The quantitative estimate of drug-likeness (QED) is 0.808. The van der Waals surface area contributed by atoms with Crippen LogP contribution < -0.4 is 4.74 Å². The number of benzene rings is 1. The van der Waals surface area contributed by atoms with Crippen molar-refractivity contribution in [2.75, 3.05) is 26.7 Å². The van der Waals surface area contributed by atoms with E-state index in [1.807, 2.05) is 17.0 Å². The van der Waals surface area contributed by atoms with E-state index in [1.165, 1.54) is 12.0 Å². The van der Waals surface area contributed by atoms with Gasteiger partial charge in [0.1, 0.15) is 5.75 Å². The monoisotopic (exact) mass is 388 g/mol. The molecule has 0 aliphatic carbocycles. The minimum Gasteiger partial charge on any atom is -0.497 e. The average Bonchev–Trinajstić information content (AvgIpc) is 2.83. The van der Waals surface area contributed by atoms with Crippen molar-refractivity contribution < 1.29 is 9.53 Å². The molecule has 0 radical (unpaired) electrons. The van der Waals surface area contributed by atoms with Gasteiger partial charge in [0.05, 0.1) is 12.1 Å². The number of piperidine rings is 1. The first-order valence-corrected chi connectivity index (χ1v) is 9.76. The first kappa shape index (κ1) is 18.3. The first-order chi connectivity index (χ1) is 13.0. The zero-order valence-corrected chi connectivity index (χ0v) is 16.5. The number of nitrogens with zero attached hydrogens (tertiary/aromatic N) is 4. The minimum atomic E-state index is -0.0402. The number of ether oxygens (including phenoxy) is 1. The van der Waals surface area contributed by atoms with E-state index >= 15 is 0 Å². The number of amides is 1. The van der Waals surface area contributed by atoms with Crippen LogP contribution in [0.2, 0.25) is 5.02 Å². The molecule has 3 aliphatic rings. The molecule has 0 spiro atoms. The van der Waals surface area contributed by atoms with Gasteiger partial charge in [0, 0.05) is 45.5 Å². The van der Waals surface area contributed by atoms with Gasteiger partial charge in [0.25, 0.3) is 5.91 Å². The summed E-state index contributed by atoms with van der Waals surface area (Å²) in [5.74, 6) is 1.33. The molecule has 4 heterocycles. The molecule has 1 aromatic carbocycles. The van der Waals surface area contributed by atoms with E-state index in [2.05, 4.69) is 22.1 Å². The van der Waals surface area contributed by atoms with Crippen LogP contribution in [0.3, 0.4) is 0 Å². The number of hydrogen-bond donors (Lipinski definition) is 0. The molecule has 3 saturated heterocycles. The summed E-state index contributed by atoms with van der Waals surface area (Å²) >= 11 is 6.21. The highest BCUT2D eigenvalue weighted by Crippen LogP contribution is 2.31. The van der Waals surface area contributed by atoms with Gasteiger partial charge in [0.15, 0.2) is 5.69 Å². The molecule has 7 heteroatoms. The third kappa shape index (κ3) is 3.82. The molecule has 2 atom stereocenters. The molecule has 0 saturated carbocycles. The summed E-state index contributed by atoms with van der Waals surface area (Å²) in [4.78, 5) is 17.5. The molecule has 2 bridgehead atoms. The molecule has 0 unspecified atom stereocenters. The molecule has 144 valence electrons. The van der Waals surface area contributed by atoms with Crippen molar-refractivity contribution in [3.05, 3.63) is 46.7 Å². The van der Waals surface area contributed by atoms with Crippen LogP contribution in [-0.2, 0) is 13.6 Å². The number of aryl methyl sites for hydroxylation is 1. The van der Waals surface area contributed by atoms with Crippen molar-refractivity contribution in [2.24, 2.45) is 13.0 Å². The molecule has 0 N–H and O–H groups in total. The van der Waals surface area contributed by atoms with Crippen molar-refractivity contribution in [1.29, 1.82) is 0 Å². The zero-order valence-electron chi connectivity index (χ0n) is 15.8. The number of halogens is 1. The minimum absolute atomic E-state index is 0.0402. The van der Waals surface area contributed by atoms with E-state index in [9.17, 15) is 4.79 Å². The maximum atomic E-state index is 13.0. The van der Waals surface area contributed by atoms with Crippen LogP contribution in [-0.4, -0.2) is 58.3 Å². The van der Waals surface area contributed by atoms with Gasteiger partial charge in [-0.05, 0) is 36.5 Å². The fourth-order valence-electron chi connectivity index (χ4n) is 4.29. The van der Waals surface area contributed by atoms with Gasteiger partial charge in [-0.1, -0.05) is 23.7 Å². The third-order valence-electron chi connectivity index (χ3n) is 5.60. The SMILES string of the molecule is COc1ccc(CN2C[C@@H]3CC[C@H](C2)N(C(=O)c2nn(C)cc2Cl)C3)cc1. The molecule has 3 aliphatic heterocycles. The summed E-state index contributed by atoms with van der Waals surface area (Å²) in [6.45, 7) is 3.58.